The third-order valence-electron chi connectivity index (χ3n) is 3.54. The molecule has 98 valence electrons. The molecule has 5 nitrogen and oxygen atoms in total. The van der Waals surface area contributed by atoms with E-state index < -0.39 is 6.04 Å². The first-order chi connectivity index (χ1) is 9.72. The van der Waals surface area contributed by atoms with Crippen LogP contribution in [0.3, 0.4) is 0 Å². The summed E-state index contributed by atoms with van der Waals surface area (Å²) >= 11 is 0. The Bertz CT molecular complexity index is 721. The van der Waals surface area contributed by atoms with Gasteiger partial charge in [0.25, 0.3) is 0 Å². The van der Waals surface area contributed by atoms with E-state index >= 15 is 0 Å². The number of rotatable bonds is 1. The fourth-order valence-electron chi connectivity index (χ4n) is 2.62. The highest BCUT2D eigenvalue weighted by atomic mass is 16.6. The fraction of sp³-hybridized carbons (Fsp3) is 0.133. The van der Waals surface area contributed by atoms with Crippen LogP contribution >= 0.6 is 0 Å². The van der Waals surface area contributed by atoms with E-state index in [1.165, 1.54) is 4.90 Å². The summed E-state index contributed by atoms with van der Waals surface area (Å²) in [4.78, 5) is 12.6. The number of para-hydroxylation sites is 2. The van der Waals surface area contributed by atoms with Crippen LogP contribution in [0.25, 0.3) is 0 Å². The minimum Gasteiger partial charge on any atom is -0.264 e. The number of nitro groups is 1. The Labute approximate surface area is 115 Å². The van der Waals surface area contributed by atoms with E-state index in [9.17, 15) is 15.4 Å². The van der Waals surface area contributed by atoms with Crippen LogP contribution in [-0.2, 0) is 6.42 Å². The second-order valence-corrected chi connectivity index (χ2v) is 4.63. The molecule has 2 aromatic rings. The van der Waals surface area contributed by atoms with Crippen LogP contribution in [0.15, 0.2) is 48.5 Å². The van der Waals surface area contributed by atoms with E-state index in [0.29, 0.717) is 23.4 Å². The number of hydrogen-bond acceptors (Lipinski definition) is 4. The number of fused-ring (bicyclic) bond motifs is 2. The molecule has 2 aromatic carbocycles. The largest absolute Gasteiger partial charge is 0.264 e. The Morgan fingerprint density at radius 3 is 2.50 bits per heavy atom. The van der Waals surface area contributed by atoms with E-state index in [1.807, 2.05) is 24.3 Å². The zero-order valence-electron chi connectivity index (χ0n) is 10.6. The molecule has 0 fully saturated rings. The molecule has 0 N–H and O–H groups in total. The maximum absolute atomic E-state index is 11.4. The van der Waals surface area contributed by atoms with Crippen LogP contribution in [0.5, 0.6) is 0 Å². The molecule has 0 spiro atoms. The summed E-state index contributed by atoms with van der Waals surface area (Å²) in [6, 6.07) is 13.5. The van der Waals surface area contributed by atoms with Crippen molar-refractivity contribution in [3.63, 3.8) is 0 Å². The van der Waals surface area contributed by atoms with Gasteiger partial charge in [-0.05, 0) is 17.7 Å². The van der Waals surface area contributed by atoms with Gasteiger partial charge in [-0.25, -0.2) is 4.90 Å². The molecule has 1 aliphatic rings. The summed E-state index contributed by atoms with van der Waals surface area (Å²) in [6.07, 6.45) is 2.42. The number of anilines is 2. The van der Waals surface area contributed by atoms with Gasteiger partial charge in [-0.15, -0.1) is 0 Å². The van der Waals surface area contributed by atoms with Gasteiger partial charge in [0, 0.05) is 11.3 Å². The van der Waals surface area contributed by atoms with Crippen LogP contribution in [0.4, 0.5) is 11.4 Å². The number of nitrogens with zero attached hydrogens (tertiary/aromatic N) is 3. The highest BCUT2D eigenvalue weighted by molar-refractivity contribution is 5.74. The second-order valence-electron chi connectivity index (χ2n) is 4.63. The molecule has 20 heavy (non-hydrogen) atoms. The van der Waals surface area contributed by atoms with Crippen molar-refractivity contribution in [2.24, 2.45) is 0 Å². The van der Waals surface area contributed by atoms with Crippen molar-refractivity contribution in [1.29, 1.82) is 5.26 Å². The van der Waals surface area contributed by atoms with Crippen molar-refractivity contribution in [3.05, 3.63) is 69.8 Å². The molecule has 1 atom stereocenters. The molecule has 0 amide bonds. The van der Waals surface area contributed by atoms with Gasteiger partial charge >= 0.3 is 0 Å². The van der Waals surface area contributed by atoms with Crippen LogP contribution in [0.2, 0.25) is 0 Å². The number of hydrogen-bond donors (Lipinski definition) is 0. The zero-order valence-corrected chi connectivity index (χ0v) is 10.6. The van der Waals surface area contributed by atoms with Crippen molar-refractivity contribution in [3.8, 4) is 6.19 Å². The van der Waals surface area contributed by atoms with E-state index in [2.05, 4.69) is 6.19 Å². The van der Waals surface area contributed by atoms with Crippen LogP contribution in [0, 0.1) is 21.6 Å². The third-order valence-corrected chi connectivity index (χ3v) is 3.54. The van der Waals surface area contributed by atoms with Crippen LogP contribution < -0.4 is 4.90 Å². The van der Waals surface area contributed by atoms with Gasteiger partial charge in [-0.1, -0.05) is 36.4 Å². The third kappa shape index (κ3) is 1.79. The van der Waals surface area contributed by atoms with Gasteiger partial charge in [-0.3, -0.25) is 10.1 Å². The van der Waals surface area contributed by atoms with Crippen molar-refractivity contribution in [2.75, 3.05) is 4.90 Å². The van der Waals surface area contributed by atoms with Gasteiger partial charge in [0.2, 0.25) is 6.04 Å². The van der Waals surface area contributed by atoms with Gasteiger partial charge in [0.05, 0.1) is 16.9 Å². The van der Waals surface area contributed by atoms with E-state index in [1.54, 1.807) is 24.3 Å². The van der Waals surface area contributed by atoms with E-state index in [-0.39, 0.29) is 4.92 Å². The normalized spacial score (nSPS) is 16.6. The SMILES string of the molecule is N#CN1c2ccccc2CC([N+](=O)[O-])c2ccccc21. The molecule has 0 bridgehead atoms. The highest BCUT2D eigenvalue weighted by Crippen LogP contribution is 2.40. The number of benzene rings is 2. The smallest absolute Gasteiger partial charge is 0.244 e. The lowest BCUT2D eigenvalue weighted by atomic mass is 9.99. The maximum Gasteiger partial charge on any atom is 0.244 e. The van der Waals surface area contributed by atoms with Crippen LogP contribution in [0.1, 0.15) is 17.2 Å². The zero-order chi connectivity index (χ0) is 14.1. The molecule has 1 unspecified atom stereocenters. The average Bonchev–Trinajstić information content (AvgIpc) is 2.61. The molecule has 0 aliphatic carbocycles. The summed E-state index contributed by atoms with van der Waals surface area (Å²) in [7, 11) is 0. The Kier molecular flexibility index (Phi) is 2.84. The summed E-state index contributed by atoms with van der Waals surface area (Å²) in [5.74, 6) is 0. The van der Waals surface area contributed by atoms with Gasteiger partial charge < -0.3 is 0 Å². The minimum atomic E-state index is -0.828. The van der Waals surface area contributed by atoms with Crippen molar-refractivity contribution >= 4 is 11.4 Å². The molecule has 0 aromatic heterocycles. The molecule has 1 heterocycles. The molecule has 0 saturated heterocycles. The van der Waals surface area contributed by atoms with Crippen LogP contribution in [-0.4, -0.2) is 4.92 Å². The fourth-order valence-corrected chi connectivity index (χ4v) is 2.62. The molecule has 0 saturated carbocycles. The average molecular weight is 265 g/mol. The molecular weight excluding hydrogens is 254 g/mol. The predicted octanol–water partition coefficient (Wildman–Crippen LogP) is 3.18. The second kappa shape index (κ2) is 4.67. The Hall–Kier alpha value is -2.87. The van der Waals surface area contributed by atoms with E-state index in [0.717, 1.165) is 5.56 Å². The van der Waals surface area contributed by atoms with Crippen molar-refractivity contribution in [1.82, 2.24) is 0 Å². The summed E-state index contributed by atoms with van der Waals surface area (Å²) in [5, 5.41) is 20.8. The lowest BCUT2D eigenvalue weighted by molar-refractivity contribution is -0.528. The molecule has 5 heteroatoms. The highest BCUT2D eigenvalue weighted by Gasteiger charge is 2.33. The summed E-state index contributed by atoms with van der Waals surface area (Å²) < 4.78 is 0. The lowest BCUT2D eigenvalue weighted by Crippen LogP contribution is -2.14. The lowest BCUT2D eigenvalue weighted by Gasteiger charge is -2.17. The topological polar surface area (TPSA) is 70.2 Å². The Morgan fingerprint density at radius 1 is 1.15 bits per heavy atom. The Balaban J connectivity index is 2.29. The summed E-state index contributed by atoms with van der Waals surface area (Å²) in [5.41, 5.74) is 2.69. The van der Waals surface area contributed by atoms with Gasteiger partial charge in [0.1, 0.15) is 0 Å². The molecule has 1 aliphatic heterocycles. The first kappa shape index (κ1) is 12.2. The Morgan fingerprint density at radius 2 is 1.80 bits per heavy atom. The predicted molar refractivity (Wildman–Crippen MR) is 74.1 cm³/mol. The monoisotopic (exact) mass is 265 g/mol. The van der Waals surface area contributed by atoms with Gasteiger partial charge in [0.15, 0.2) is 6.19 Å². The first-order valence-electron chi connectivity index (χ1n) is 6.22. The van der Waals surface area contributed by atoms with E-state index in [4.69, 9.17) is 0 Å². The molecule has 3 rings (SSSR count). The number of nitriles is 1. The standard InChI is InChI=1S/C15H11N3O2/c16-10-17-13-7-3-1-5-11(13)9-15(18(19)20)12-6-2-4-8-14(12)17/h1-8,15H,9H2. The van der Waals surface area contributed by atoms with Crippen molar-refractivity contribution in [2.45, 2.75) is 12.5 Å². The molecular formula is C15H11N3O2. The molecule has 0 radical (unpaired) electrons. The maximum atomic E-state index is 11.4. The van der Waals surface area contributed by atoms with Crippen molar-refractivity contribution < 1.29 is 4.92 Å². The quantitative estimate of drug-likeness (QED) is 0.451. The minimum absolute atomic E-state index is 0.281. The summed E-state index contributed by atoms with van der Waals surface area (Å²) in [6.45, 7) is 0. The first-order valence-corrected chi connectivity index (χ1v) is 6.22. The van der Waals surface area contributed by atoms with Gasteiger partial charge in [-0.2, -0.15) is 5.26 Å².